The highest BCUT2D eigenvalue weighted by atomic mass is 14.4. The Kier molecular flexibility index (Phi) is 4.16. The Bertz CT molecular complexity index is 1030. The van der Waals surface area contributed by atoms with Crippen molar-refractivity contribution in [3.63, 3.8) is 0 Å². The molecule has 0 bridgehead atoms. The zero-order chi connectivity index (χ0) is 18.2. The lowest BCUT2D eigenvalue weighted by molar-refractivity contribution is 0.285. The van der Waals surface area contributed by atoms with Crippen LogP contribution in [0.15, 0.2) is 66.7 Å². The van der Waals surface area contributed by atoms with Crippen molar-refractivity contribution in [2.45, 2.75) is 37.5 Å². The van der Waals surface area contributed by atoms with Crippen LogP contribution in [0.1, 0.15) is 59.8 Å². The molecule has 1 nitrogen and oxygen atoms in total. The Morgan fingerprint density at radius 3 is 2.56 bits per heavy atom. The molecule has 3 atom stereocenters. The molecule has 3 aromatic rings. The van der Waals surface area contributed by atoms with Crippen LogP contribution in [0.5, 0.6) is 0 Å². The molecule has 3 unspecified atom stereocenters. The highest BCUT2D eigenvalue weighted by molar-refractivity contribution is 6.00. The van der Waals surface area contributed by atoms with Crippen molar-refractivity contribution >= 4 is 23.1 Å². The second kappa shape index (κ2) is 6.81. The smallest absolute Gasteiger partial charge is 0.0259 e. The predicted octanol–water partition coefficient (Wildman–Crippen LogP) is 6.92. The zero-order valence-electron chi connectivity index (χ0n) is 15.6. The Labute approximate surface area is 161 Å². The van der Waals surface area contributed by atoms with Gasteiger partial charge in [0.25, 0.3) is 0 Å². The molecule has 0 amide bonds. The molecule has 0 radical (unpaired) electrons. The molecular weight excluding hydrogens is 326 g/mol. The van der Waals surface area contributed by atoms with Gasteiger partial charge >= 0.3 is 0 Å². The van der Waals surface area contributed by atoms with E-state index < -0.39 is 0 Å². The van der Waals surface area contributed by atoms with E-state index in [1.807, 2.05) is 0 Å². The first-order valence-electron chi connectivity index (χ1n) is 10.2. The molecule has 2 aliphatic carbocycles. The van der Waals surface area contributed by atoms with Crippen molar-refractivity contribution in [3.05, 3.63) is 89.0 Å². The molecule has 1 saturated carbocycles. The van der Waals surface area contributed by atoms with E-state index in [1.54, 1.807) is 6.21 Å². The average Bonchev–Trinajstić information content (AvgIpc) is 3.17. The molecule has 1 N–H and O–H groups in total. The van der Waals surface area contributed by atoms with Gasteiger partial charge in [-0.15, -0.1) is 0 Å². The first kappa shape index (κ1) is 16.5. The summed E-state index contributed by atoms with van der Waals surface area (Å²) in [6.45, 7) is 0. The lowest BCUT2D eigenvalue weighted by Gasteiger charge is -2.37. The molecule has 5 rings (SSSR count). The van der Waals surface area contributed by atoms with Gasteiger partial charge in [-0.25, -0.2) is 0 Å². The van der Waals surface area contributed by atoms with E-state index in [2.05, 4.69) is 72.8 Å². The minimum atomic E-state index is 0.511. The molecule has 0 heterocycles. The highest BCUT2D eigenvalue weighted by Crippen LogP contribution is 2.49. The van der Waals surface area contributed by atoms with Crippen molar-refractivity contribution in [2.75, 3.05) is 0 Å². The molecule has 0 saturated heterocycles. The van der Waals surface area contributed by atoms with Gasteiger partial charge in [0.05, 0.1) is 0 Å². The van der Waals surface area contributed by atoms with Crippen molar-refractivity contribution in [3.8, 4) is 0 Å². The Morgan fingerprint density at radius 2 is 1.63 bits per heavy atom. The zero-order valence-corrected chi connectivity index (χ0v) is 15.6. The maximum atomic E-state index is 8.14. The number of fused-ring (bicyclic) bond motifs is 2. The van der Waals surface area contributed by atoms with Gasteiger partial charge in [-0.2, -0.15) is 0 Å². The van der Waals surface area contributed by atoms with Gasteiger partial charge in [0.2, 0.25) is 0 Å². The summed E-state index contributed by atoms with van der Waals surface area (Å²) in [6, 6.07) is 21.9. The van der Waals surface area contributed by atoms with Crippen LogP contribution in [0.25, 0.3) is 16.8 Å². The molecule has 0 aliphatic heterocycles. The van der Waals surface area contributed by atoms with E-state index in [4.69, 9.17) is 5.41 Å². The maximum absolute atomic E-state index is 8.14. The summed E-state index contributed by atoms with van der Waals surface area (Å²) < 4.78 is 0. The fourth-order valence-corrected chi connectivity index (χ4v) is 5.42. The topological polar surface area (TPSA) is 23.9 Å². The fraction of sp³-hybridized carbons (Fsp3) is 0.269. The van der Waals surface area contributed by atoms with Crippen molar-refractivity contribution < 1.29 is 0 Å². The molecular formula is C26H25N. The molecule has 27 heavy (non-hydrogen) atoms. The van der Waals surface area contributed by atoms with Crippen LogP contribution in [0.3, 0.4) is 0 Å². The normalized spacial score (nSPS) is 24.1. The number of hydrogen-bond donors (Lipinski definition) is 1. The Balaban J connectivity index is 1.60. The quantitative estimate of drug-likeness (QED) is 0.495. The summed E-state index contributed by atoms with van der Waals surface area (Å²) in [7, 11) is 0. The van der Waals surface area contributed by atoms with Gasteiger partial charge in [-0.3, -0.25) is 0 Å². The summed E-state index contributed by atoms with van der Waals surface area (Å²) in [5.74, 6) is 1.66. The van der Waals surface area contributed by atoms with Crippen molar-refractivity contribution in [2.24, 2.45) is 5.92 Å². The van der Waals surface area contributed by atoms with E-state index in [0.717, 1.165) is 5.56 Å². The third-order valence-electron chi connectivity index (χ3n) is 6.67. The number of benzene rings is 3. The molecule has 1 heteroatoms. The van der Waals surface area contributed by atoms with Crippen LogP contribution in [0.2, 0.25) is 0 Å². The van der Waals surface area contributed by atoms with Crippen LogP contribution in [0, 0.1) is 11.3 Å². The average molecular weight is 351 g/mol. The van der Waals surface area contributed by atoms with Crippen LogP contribution in [-0.4, -0.2) is 6.21 Å². The number of nitrogens with one attached hydrogen (secondary N) is 1. The molecule has 1 fully saturated rings. The van der Waals surface area contributed by atoms with Crippen molar-refractivity contribution in [1.29, 1.82) is 5.41 Å². The van der Waals surface area contributed by atoms with Crippen LogP contribution >= 0.6 is 0 Å². The molecule has 134 valence electrons. The monoisotopic (exact) mass is 351 g/mol. The number of rotatable bonds is 3. The second-order valence-electron chi connectivity index (χ2n) is 8.00. The van der Waals surface area contributed by atoms with Gasteiger partial charge in [0.1, 0.15) is 0 Å². The second-order valence-corrected chi connectivity index (χ2v) is 8.00. The SMILES string of the molecule is N=Cc1c(C2CCCCC2C2C=Cc3ccccc32)ccc2ccccc12. The van der Waals surface area contributed by atoms with E-state index in [1.165, 1.54) is 53.1 Å². The first-order valence-corrected chi connectivity index (χ1v) is 10.2. The molecule has 0 aromatic heterocycles. The summed E-state index contributed by atoms with van der Waals surface area (Å²) in [6.07, 6.45) is 11.4. The van der Waals surface area contributed by atoms with Crippen molar-refractivity contribution in [1.82, 2.24) is 0 Å². The summed E-state index contributed by atoms with van der Waals surface area (Å²) in [5, 5.41) is 10.6. The summed E-state index contributed by atoms with van der Waals surface area (Å²) in [4.78, 5) is 0. The van der Waals surface area contributed by atoms with Crippen LogP contribution < -0.4 is 0 Å². The van der Waals surface area contributed by atoms with E-state index in [0.29, 0.717) is 17.8 Å². The van der Waals surface area contributed by atoms with Gasteiger partial charge < -0.3 is 5.41 Å². The van der Waals surface area contributed by atoms with Crippen LogP contribution in [-0.2, 0) is 0 Å². The first-order chi connectivity index (χ1) is 13.4. The predicted molar refractivity (Wildman–Crippen MR) is 115 cm³/mol. The van der Waals surface area contributed by atoms with Gasteiger partial charge in [-0.05, 0) is 52.1 Å². The highest BCUT2D eigenvalue weighted by Gasteiger charge is 2.35. The molecule has 2 aliphatic rings. The minimum absolute atomic E-state index is 0.511. The van der Waals surface area contributed by atoms with Gasteiger partial charge in [-0.1, -0.05) is 85.7 Å². The van der Waals surface area contributed by atoms with E-state index in [9.17, 15) is 0 Å². The molecule has 3 aromatic carbocycles. The summed E-state index contributed by atoms with van der Waals surface area (Å²) in [5.41, 5.74) is 5.38. The Hall–Kier alpha value is -2.67. The van der Waals surface area contributed by atoms with Gasteiger partial charge in [0, 0.05) is 17.7 Å². The van der Waals surface area contributed by atoms with E-state index in [-0.39, 0.29) is 0 Å². The number of allylic oxidation sites excluding steroid dienone is 1. The lowest BCUT2D eigenvalue weighted by Crippen LogP contribution is -2.24. The lowest BCUT2D eigenvalue weighted by atomic mass is 9.67. The largest absolute Gasteiger partial charge is 0.308 e. The fourth-order valence-electron chi connectivity index (χ4n) is 5.42. The third kappa shape index (κ3) is 2.73. The number of hydrogen-bond acceptors (Lipinski definition) is 1. The van der Waals surface area contributed by atoms with Crippen LogP contribution in [0.4, 0.5) is 0 Å². The van der Waals surface area contributed by atoms with Gasteiger partial charge in [0.15, 0.2) is 0 Å². The third-order valence-corrected chi connectivity index (χ3v) is 6.67. The minimum Gasteiger partial charge on any atom is -0.308 e. The maximum Gasteiger partial charge on any atom is 0.0259 e. The standard InChI is InChI=1S/C26H25N/c27-17-26-21-10-4-2-8-19(21)14-16-25(26)23-12-6-5-11-22(23)24-15-13-18-7-1-3-9-20(18)24/h1-4,7-10,13-17,22-24,27H,5-6,11-12H2. The van der Waals surface area contributed by atoms with E-state index >= 15 is 0 Å². The Morgan fingerprint density at radius 1 is 0.815 bits per heavy atom. The molecule has 0 spiro atoms. The summed E-state index contributed by atoms with van der Waals surface area (Å²) >= 11 is 0.